The van der Waals surface area contributed by atoms with Crippen molar-refractivity contribution in [1.82, 2.24) is 10.2 Å². The molecule has 1 N–H and O–H groups in total. The van der Waals surface area contributed by atoms with Gasteiger partial charge in [0.1, 0.15) is 0 Å². The average Bonchev–Trinajstić information content (AvgIpc) is 2.96. The normalized spacial score (nSPS) is 14.1. The fourth-order valence-electron chi connectivity index (χ4n) is 3.12. The molecule has 1 heterocycles. The quantitative estimate of drug-likeness (QED) is 0.522. The molecule has 1 unspecified atom stereocenters. The highest BCUT2D eigenvalue weighted by molar-refractivity contribution is 8.00. The maximum atomic E-state index is 12.3. The highest BCUT2D eigenvalue weighted by atomic mass is 32.2. The monoisotopic (exact) mass is 396 g/mol. The Hall–Kier alpha value is -2.60. The molecule has 0 saturated carbocycles. The van der Waals surface area contributed by atoms with Crippen molar-refractivity contribution in [3.8, 4) is 0 Å². The molecule has 0 aliphatic carbocycles. The van der Waals surface area contributed by atoms with Crippen LogP contribution in [0.25, 0.3) is 0 Å². The minimum absolute atomic E-state index is 0.0154. The number of nitrogens with one attached hydrogen (secondary N) is 1. The van der Waals surface area contributed by atoms with Gasteiger partial charge in [-0.05, 0) is 43.2 Å². The number of thioether (sulfide) groups is 1. The van der Waals surface area contributed by atoms with E-state index in [-0.39, 0.29) is 23.0 Å². The molecule has 0 aromatic heterocycles. The minimum atomic E-state index is -0.225. The van der Waals surface area contributed by atoms with Crippen LogP contribution >= 0.6 is 11.8 Å². The lowest BCUT2D eigenvalue weighted by atomic mass is 10.1. The summed E-state index contributed by atoms with van der Waals surface area (Å²) in [5.74, 6) is 0.275. The van der Waals surface area contributed by atoms with Crippen LogP contribution in [0.5, 0.6) is 0 Å². The number of rotatable bonds is 9. The van der Waals surface area contributed by atoms with Gasteiger partial charge in [-0.15, -0.1) is 11.8 Å². The first-order chi connectivity index (χ1) is 13.6. The van der Waals surface area contributed by atoms with Gasteiger partial charge in [-0.25, -0.2) is 0 Å². The average molecular weight is 397 g/mol. The Morgan fingerprint density at radius 2 is 1.61 bits per heavy atom. The number of carbonyl (C=O) groups excluding carboxylic acids is 3. The van der Waals surface area contributed by atoms with Crippen LogP contribution in [0.1, 0.15) is 39.6 Å². The zero-order valence-corrected chi connectivity index (χ0v) is 16.7. The van der Waals surface area contributed by atoms with Crippen LogP contribution in [0.15, 0.2) is 54.6 Å². The lowest BCUT2D eigenvalue weighted by Crippen LogP contribution is -2.33. The number of amides is 3. The second kappa shape index (κ2) is 9.55. The number of benzene rings is 2. The summed E-state index contributed by atoms with van der Waals surface area (Å²) >= 11 is 1.54. The lowest BCUT2D eigenvalue weighted by molar-refractivity contribution is -0.120. The summed E-state index contributed by atoms with van der Waals surface area (Å²) < 4.78 is 0. The maximum absolute atomic E-state index is 12.3. The van der Waals surface area contributed by atoms with Crippen molar-refractivity contribution < 1.29 is 14.4 Å². The molecule has 0 radical (unpaired) electrons. The van der Waals surface area contributed by atoms with Crippen LogP contribution in [0.3, 0.4) is 0 Å². The van der Waals surface area contributed by atoms with E-state index in [4.69, 9.17) is 0 Å². The second-order valence-electron chi connectivity index (χ2n) is 6.70. The highest BCUT2D eigenvalue weighted by Crippen LogP contribution is 2.23. The van der Waals surface area contributed by atoms with Gasteiger partial charge < -0.3 is 5.32 Å². The Morgan fingerprint density at radius 3 is 2.25 bits per heavy atom. The van der Waals surface area contributed by atoms with Gasteiger partial charge in [0.2, 0.25) is 5.91 Å². The summed E-state index contributed by atoms with van der Waals surface area (Å²) in [5.41, 5.74) is 2.15. The van der Waals surface area contributed by atoms with Crippen molar-refractivity contribution in [3.05, 3.63) is 71.3 Å². The van der Waals surface area contributed by atoms with E-state index in [2.05, 4.69) is 5.32 Å². The van der Waals surface area contributed by atoms with Crippen LogP contribution in [0.4, 0.5) is 0 Å². The van der Waals surface area contributed by atoms with Gasteiger partial charge in [0, 0.05) is 13.1 Å². The first-order valence-corrected chi connectivity index (χ1v) is 10.5. The summed E-state index contributed by atoms with van der Waals surface area (Å²) in [7, 11) is 0. The summed E-state index contributed by atoms with van der Waals surface area (Å²) in [5, 5.41) is 2.79. The third kappa shape index (κ3) is 4.81. The molecule has 1 atom stereocenters. The number of fused-ring (bicyclic) bond motifs is 1. The van der Waals surface area contributed by atoms with Crippen LogP contribution in [0, 0.1) is 0 Å². The number of hydrogen-bond acceptors (Lipinski definition) is 4. The Morgan fingerprint density at radius 1 is 1.00 bits per heavy atom. The first-order valence-electron chi connectivity index (χ1n) is 9.46. The maximum Gasteiger partial charge on any atom is 0.261 e. The van der Waals surface area contributed by atoms with Gasteiger partial charge >= 0.3 is 0 Å². The second-order valence-corrected chi connectivity index (χ2v) is 8.15. The third-order valence-corrected chi connectivity index (χ3v) is 5.94. The first kappa shape index (κ1) is 20.1. The van der Waals surface area contributed by atoms with E-state index in [9.17, 15) is 14.4 Å². The number of hydrogen-bond donors (Lipinski definition) is 1. The molecule has 1 aliphatic rings. The van der Waals surface area contributed by atoms with E-state index in [1.54, 1.807) is 24.3 Å². The number of nitrogens with zero attached hydrogens (tertiary/aromatic N) is 1. The molecule has 0 bridgehead atoms. The molecule has 0 saturated heterocycles. The molecule has 28 heavy (non-hydrogen) atoms. The molecule has 3 rings (SSSR count). The molecule has 6 heteroatoms. The van der Waals surface area contributed by atoms with Gasteiger partial charge in [0.05, 0.1) is 16.4 Å². The Kier molecular flexibility index (Phi) is 6.87. The molecule has 0 fully saturated rings. The fraction of sp³-hybridized carbons (Fsp3) is 0.318. The van der Waals surface area contributed by atoms with E-state index >= 15 is 0 Å². The highest BCUT2D eigenvalue weighted by Gasteiger charge is 2.34. The van der Waals surface area contributed by atoms with Crippen molar-refractivity contribution in [2.24, 2.45) is 0 Å². The zero-order valence-electron chi connectivity index (χ0n) is 15.9. The predicted octanol–water partition coefficient (Wildman–Crippen LogP) is 3.15. The minimum Gasteiger partial charge on any atom is -0.355 e. The summed E-state index contributed by atoms with van der Waals surface area (Å²) in [6.45, 7) is 2.87. The van der Waals surface area contributed by atoms with Crippen LogP contribution in [-0.2, 0) is 11.2 Å². The smallest absolute Gasteiger partial charge is 0.261 e. The molecule has 2 aromatic carbocycles. The van der Waals surface area contributed by atoms with Crippen molar-refractivity contribution in [2.45, 2.75) is 25.0 Å². The van der Waals surface area contributed by atoms with E-state index in [0.717, 1.165) is 6.42 Å². The molecule has 146 valence electrons. The standard InChI is InChI=1S/C22H24N2O3S/c1-16(20(25)23-13-12-17-8-3-2-4-9-17)28-15-7-14-24-21(26)18-10-5-6-11-19(18)22(24)27/h2-6,8-11,16H,7,12-15H2,1H3,(H,23,25). The summed E-state index contributed by atoms with van der Waals surface area (Å²) in [6, 6.07) is 16.9. The van der Waals surface area contributed by atoms with Crippen molar-refractivity contribution in [3.63, 3.8) is 0 Å². The van der Waals surface area contributed by atoms with Crippen molar-refractivity contribution >= 4 is 29.5 Å². The fourth-order valence-corrected chi connectivity index (χ4v) is 4.00. The molecule has 0 spiro atoms. The van der Waals surface area contributed by atoms with Gasteiger partial charge in [-0.1, -0.05) is 42.5 Å². The number of carbonyl (C=O) groups is 3. The summed E-state index contributed by atoms with van der Waals surface area (Å²) in [6.07, 6.45) is 1.47. The van der Waals surface area contributed by atoms with Gasteiger partial charge in [-0.3, -0.25) is 19.3 Å². The van der Waals surface area contributed by atoms with Gasteiger partial charge in [0.25, 0.3) is 11.8 Å². The SMILES string of the molecule is CC(SCCCN1C(=O)c2ccccc2C1=O)C(=O)NCCc1ccccc1. The largest absolute Gasteiger partial charge is 0.355 e. The zero-order chi connectivity index (χ0) is 19.9. The Balaban J connectivity index is 1.35. The molecular weight excluding hydrogens is 372 g/mol. The Labute approximate surface area is 169 Å². The molecule has 2 aromatic rings. The van der Waals surface area contributed by atoms with Crippen molar-refractivity contribution in [2.75, 3.05) is 18.8 Å². The van der Waals surface area contributed by atoms with E-state index in [0.29, 0.717) is 36.4 Å². The molecule has 3 amide bonds. The van der Waals surface area contributed by atoms with E-state index in [1.807, 2.05) is 37.3 Å². The lowest BCUT2D eigenvalue weighted by Gasteiger charge is -2.15. The molecule has 1 aliphatic heterocycles. The topological polar surface area (TPSA) is 66.5 Å². The number of imide groups is 1. The van der Waals surface area contributed by atoms with Crippen LogP contribution in [0.2, 0.25) is 0 Å². The summed E-state index contributed by atoms with van der Waals surface area (Å²) in [4.78, 5) is 38.1. The third-order valence-electron chi connectivity index (χ3n) is 4.70. The van der Waals surface area contributed by atoms with Crippen LogP contribution in [-0.4, -0.2) is 46.7 Å². The van der Waals surface area contributed by atoms with E-state index in [1.165, 1.54) is 22.2 Å². The van der Waals surface area contributed by atoms with Crippen LogP contribution < -0.4 is 5.32 Å². The van der Waals surface area contributed by atoms with Gasteiger partial charge in [0.15, 0.2) is 0 Å². The molecular formula is C22H24N2O3S. The predicted molar refractivity (Wildman–Crippen MR) is 112 cm³/mol. The van der Waals surface area contributed by atoms with Crippen molar-refractivity contribution in [1.29, 1.82) is 0 Å². The van der Waals surface area contributed by atoms with E-state index < -0.39 is 0 Å². The van der Waals surface area contributed by atoms with Gasteiger partial charge in [-0.2, -0.15) is 0 Å². The Bertz CT molecular complexity index is 819. The molecule has 5 nitrogen and oxygen atoms in total.